The molecule has 2 amide bonds. The number of carbonyl (C=O) groups is 2. The predicted molar refractivity (Wildman–Crippen MR) is 86.0 cm³/mol. The maximum absolute atomic E-state index is 13.3. The van der Waals surface area contributed by atoms with E-state index >= 15 is 0 Å². The summed E-state index contributed by atoms with van der Waals surface area (Å²) in [4.78, 5) is 24.9. The molecule has 126 valence electrons. The van der Waals surface area contributed by atoms with Crippen molar-refractivity contribution in [3.8, 4) is 5.75 Å². The van der Waals surface area contributed by atoms with Crippen LogP contribution in [0.4, 0.5) is 20.2 Å². The monoisotopic (exact) mass is 334 g/mol. The lowest BCUT2D eigenvalue weighted by Crippen LogP contribution is -2.36. The van der Waals surface area contributed by atoms with E-state index in [4.69, 9.17) is 4.74 Å². The summed E-state index contributed by atoms with van der Waals surface area (Å²) in [6, 6.07) is 9.65. The molecule has 0 aliphatic heterocycles. The molecule has 2 aromatic carbocycles. The molecular weight excluding hydrogens is 318 g/mol. The predicted octanol–water partition coefficient (Wildman–Crippen LogP) is 2.97. The molecule has 7 heteroatoms. The summed E-state index contributed by atoms with van der Waals surface area (Å²) in [5.41, 5.74) is 0.626. The molecule has 24 heavy (non-hydrogen) atoms. The molecule has 1 N–H and O–H groups in total. The number of amides is 2. The molecule has 0 fully saturated rings. The maximum atomic E-state index is 13.3. The van der Waals surface area contributed by atoms with E-state index in [1.165, 1.54) is 20.1 Å². The van der Waals surface area contributed by atoms with Gasteiger partial charge in [-0.25, -0.2) is 8.78 Å². The SMILES string of the molecule is COc1ccc(NC(=O)CN(C(C)=O)c2ccc(F)c(F)c2)cc1. The van der Waals surface area contributed by atoms with Crippen molar-refractivity contribution in [2.45, 2.75) is 6.92 Å². The number of anilines is 2. The zero-order valence-corrected chi connectivity index (χ0v) is 13.2. The van der Waals surface area contributed by atoms with Crippen LogP contribution < -0.4 is 15.0 Å². The highest BCUT2D eigenvalue weighted by Crippen LogP contribution is 2.19. The van der Waals surface area contributed by atoms with Crippen molar-refractivity contribution in [1.29, 1.82) is 0 Å². The molecule has 0 spiro atoms. The molecule has 0 unspecified atom stereocenters. The first-order valence-electron chi connectivity index (χ1n) is 7.07. The molecule has 0 aromatic heterocycles. The van der Waals surface area contributed by atoms with Crippen molar-refractivity contribution in [1.82, 2.24) is 0 Å². The lowest BCUT2D eigenvalue weighted by Gasteiger charge is -2.21. The Kier molecular flexibility index (Phi) is 5.47. The number of hydrogen-bond donors (Lipinski definition) is 1. The van der Waals surface area contributed by atoms with E-state index in [0.29, 0.717) is 11.4 Å². The summed E-state index contributed by atoms with van der Waals surface area (Å²) in [6.07, 6.45) is 0. The van der Waals surface area contributed by atoms with Gasteiger partial charge in [-0.15, -0.1) is 0 Å². The maximum Gasteiger partial charge on any atom is 0.244 e. The number of ether oxygens (including phenoxy) is 1. The number of rotatable bonds is 5. The van der Waals surface area contributed by atoms with Crippen molar-refractivity contribution >= 4 is 23.2 Å². The Hall–Kier alpha value is -2.96. The van der Waals surface area contributed by atoms with Crippen LogP contribution in [0.1, 0.15) is 6.92 Å². The van der Waals surface area contributed by atoms with Gasteiger partial charge in [0.15, 0.2) is 11.6 Å². The zero-order valence-electron chi connectivity index (χ0n) is 13.2. The quantitative estimate of drug-likeness (QED) is 0.914. The van der Waals surface area contributed by atoms with Crippen LogP contribution in [-0.4, -0.2) is 25.5 Å². The fourth-order valence-electron chi connectivity index (χ4n) is 2.06. The van der Waals surface area contributed by atoms with E-state index in [2.05, 4.69) is 5.32 Å². The van der Waals surface area contributed by atoms with Crippen LogP contribution in [0, 0.1) is 11.6 Å². The summed E-state index contributed by atoms with van der Waals surface area (Å²) in [5.74, 6) is -2.41. The van der Waals surface area contributed by atoms with Crippen LogP contribution in [0.2, 0.25) is 0 Å². The highest BCUT2D eigenvalue weighted by atomic mass is 19.2. The summed E-state index contributed by atoms with van der Waals surface area (Å²) in [6.45, 7) is 0.911. The Morgan fingerprint density at radius 2 is 1.75 bits per heavy atom. The molecule has 0 heterocycles. The summed E-state index contributed by atoms with van der Waals surface area (Å²) in [5, 5.41) is 2.62. The van der Waals surface area contributed by atoms with Crippen LogP contribution in [0.25, 0.3) is 0 Å². The number of nitrogens with zero attached hydrogens (tertiary/aromatic N) is 1. The van der Waals surface area contributed by atoms with Gasteiger partial charge >= 0.3 is 0 Å². The normalized spacial score (nSPS) is 10.2. The molecule has 0 aliphatic rings. The van der Waals surface area contributed by atoms with Gasteiger partial charge in [0.1, 0.15) is 12.3 Å². The fraction of sp³-hybridized carbons (Fsp3) is 0.176. The van der Waals surface area contributed by atoms with Gasteiger partial charge in [-0.2, -0.15) is 0 Å². The van der Waals surface area contributed by atoms with Crippen molar-refractivity contribution in [3.05, 3.63) is 54.1 Å². The van der Waals surface area contributed by atoms with E-state index in [1.54, 1.807) is 24.3 Å². The molecular formula is C17H16F2N2O3. The highest BCUT2D eigenvalue weighted by molar-refractivity contribution is 6.01. The van der Waals surface area contributed by atoms with E-state index in [0.717, 1.165) is 17.0 Å². The average molecular weight is 334 g/mol. The number of methoxy groups -OCH3 is 1. The van der Waals surface area contributed by atoms with E-state index < -0.39 is 23.4 Å². The molecule has 2 rings (SSSR count). The summed E-state index contributed by atoms with van der Waals surface area (Å²) < 4.78 is 31.4. The highest BCUT2D eigenvalue weighted by Gasteiger charge is 2.17. The third kappa shape index (κ3) is 4.28. The third-order valence-electron chi connectivity index (χ3n) is 3.27. The molecule has 2 aromatic rings. The van der Waals surface area contributed by atoms with Crippen LogP contribution >= 0.6 is 0 Å². The number of nitrogens with one attached hydrogen (secondary N) is 1. The van der Waals surface area contributed by atoms with Crippen LogP contribution in [0.15, 0.2) is 42.5 Å². The lowest BCUT2D eigenvalue weighted by atomic mass is 10.2. The lowest BCUT2D eigenvalue weighted by molar-refractivity contribution is -0.120. The second-order valence-electron chi connectivity index (χ2n) is 4.98. The van der Waals surface area contributed by atoms with E-state index in [1.807, 2.05) is 0 Å². The van der Waals surface area contributed by atoms with Gasteiger partial charge in [-0.1, -0.05) is 0 Å². The largest absolute Gasteiger partial charge is 0.497 e. The van der Waals surface area contributed by atoms with Gasteiger partial charge in [0, 0.05) is 24.4 Å². The topological polar surface area (TPSA) is 58.6 Å². The molecule has 0 radical (unpaired) electrons. The second kappa shape index (κ2) is 7.54. The number of halogens is 2. The first kappa shape index (κ1) is 17.4. The first-order valence-corrected chi connectivity index (χ1v) is 7.07. The minimum atomic E-state index is -1.09. The van der Waals surface area contributed by atoms with Gasteiger partial charge in [0.25, 0.3) is 0 Å². The molecule has 0 aliphatic carbocycles. The molecule has 0 atom stereocenters. The fourth-order valence-corrected chi connectivity index (χ4v) is 2.06. The Balaban J connectivity index is 2.10. The average Bonchev–Trinajstić information content (AvgIpc) is 2.56. The van der Waals surface area contributed by atoms with Crippen molar-refractivity contribution in [3.63, 3.8) is 0 Å². The minimum absolute atomic E-state index is 0.103. The van der Waals surface area contributed by atoms with Gasteiger partial charge in [-0.3, -0.25) is 9.59 Å². The standard InChI is InChI=1S/C17H16F2N2O3/c1-11(22)21(13-5-8-15(18)16(19)9-13)10-17(23)20-12-3-6-14(24-2)7-4-12/h3-9H,10H2,1-2H3,(H,20,23). The van der Waals surface area contributed by atoms with E-state index in [9.17, 15) is 18.4 Å². The van der Waals surface area contributed by atoms with Gasteiger partial charge in [0.2, 0.25) is 11.8 Å². The Labute approximate surface area is 137 Å². The molecule has 0 saturated carbocycles. The smallest absolute Gasteiger partial charge is 0.244 e. The van der Waals surface area contributed by atoms with Crippen LogP contribution in [-0.2, 0) is 9.59 Å². The number of hydrogen-bond acceptors (Lipinski definition) is 3. The Morgan fingerprint density at radius 1 is 1.08 bits per heavy atom. The van der Waals surface area contributed by atoms with Gasteiger partial charge in [-0.05, 0) is 36.4 Å². The molecule has 0 saturated heterocycles. The summed E-state index contributed by atoms with van der Waals surface area (Å²) in [7, 11) is 1.53. The van der Waals surface area contributed by atoms with Crippen LogP contribution in [0.5, 0.6) is 5.75 Å². The van der Waals surface area contributed by atoms with Crippen molar-refractivity contribution < 1.29 is 23.1 Å². The van der Waals surface area contributed by atoms with Crippen LogP contribution in [0.3, 0.4) is 0 Å². The summed E-state index contributed by atoms with van der Waals surface area (Å²) >= 11 is 0. The molecule has 0 bridgehead atoms. The van der Waals surface area contributed by atoms with Crippen molar-refractivity contribution in [2.24, 2.45) is 0 Å². The second-order valence-corrected chi connectivity index (χ2v) is 4.98. The number of benzene rings is 2. The Bertz CT molecular complexity index is 748. The van der Waals surface area contributed by atoms with Gasteiger partial charge in [0.05, 0.1) is 7.11 Å². The third-order valence-corrected chi connectivity index (χ3v) is 3.27. The minimum Gasteiger partial charge on any atom is -0.497 e. The first-order chi connectivity index (χ1) is 11.4. The van der Waals surface area contributed by atoms with Crippen molar-refractivity contribution in [2.75, 3.05) is 23.9 Å². The van der Waals surface area contributed by atoms with E-state index in [-0.39, 0.29) is 12.2 Å². The zero-order chi connectivity index (χ0) is 17.7. The van der Waals surface area contributed by atoms with Gasteiger partial charge < -0.3 is 15.0 Å². The Morgan fingerprint density at radius 3 is 2.29 bits per heavy atom. The molecule has 5 nitrogen and oxygen atoms in total. The number of carbonyl (C=O) groups excluding carboxylic acids is 2.